The van der Waals surface area contributed by atoms with Crippen LogP contribution in [0.4, 0.5) is 5.82 Å². The van der Waals surface area contributed by atoms with E-state index in [9.17, 15) is 4.79 Å². The number of nitrogens with zero attached hydrogens (tertiary/aromatic N) is 1. The zero-order valence-electron chi connectivity index (χ0n) is 9.74. The number of hydrogen-bond acceptors (Lipinski definition) is 4. The van der Waals surface area contributed by atoms with Crippen LogP contribution in [0.5, 0.6) is 0 Å². The van der Waals surface area contributed by atoms with Gasteiger partial charge in [0.05, 0.1) is 6.10 Å². The summed E-state index contributed by atoms with van der Waals surface area (Å²) >= 11 is 0. The van der Waals surface area contributed by atoms with Crippen LogP contribution in [-0.2, 0) is 0 Å². The van der Waals surface area contributed by atoms with Crippen molar-refractivity contribution >= 4 is 11.7 Å². The van der Waals surface area contributed by atoms with Crippen molar-refractivity contribution in [3.05, 3.63) is 11.8 Å². The van der Waals surface area contributed by atoms with Gasteiger partial charge in [-0.1, -0.05) is 0 Å². The summed E-state index contributed by atoms with van der Waals surface area (Å²) in [7, 11) is 0. The van der Waals surface area contributed by atoms with E-state index in [1.165, 1.54) is 0 Å². The summed E-state index contributed by atoms with van der Waals surface area (Å²) in [6.45, 7) is 5.81. The average Bonchev–Trinajstić information content (AvgIpc) is 2.61. The number of aliphatic hydroxyl groups excluding tert-OH is 1. The first-order valence-corrected chi connectivity index (χ1v) is 5.27. The van der Waals surface area contributed by atoms with Crippen LogP contribution in [-0.4, -0.2) is 39.9 Å². The fraction of sp³-hybridized carbons (Fsp3) is 0.600. The maximum absolute atomic E-state index is 11.5. The van der Waals surface area contributed by atoms with E-state index in [-0.39, 0.29) is 18.5 Å². The molecular formula is C10H18N4O2. The van der Waals surface area contributed by atoms with Gasteiger partial charge in [0.25, 0.3) is 5.91 Å². The highest BCUT2D eigenvalue weighted by Gasteiger charge is 2.10. The summed E-state index contributed by atoms with van der Waals surface area (Å²) in [5.74, 6) is 0.363. The fourth-order valence-electron chi connectivity index (χ4n) is 1.14. The van der Waals surface area contributed by atoms with Gasteiger partial charge in [0, 0.05) is 18.7 Å². The van der Waals surface area contributed by atoms with Gasteiger partial charge in [0.2, 0.25) is 0 Å². The number of rotatable bonds is 5. The minimum Gasteiger partial charge on any atom is -0.392 e. The van der Waals surface area contributed by atoms with Crippen LogP contribution in [0, 0.1) is 0 Å². The van der Waals surface area contributed by atoms with Crippen LogP contribution in [0.1, 0.15) is 31.3 Å². The van der Waals surface area contributed by atoms with Gasteiger partial charge < -0.3 is 15.7 Å². The molecule has 0 aliphatic carbocycles. The molecule has 16 heavy (non-hydrogen) atoms. The number of carbonyl (C=O) groups is 1. The van der Waals surface area contributed by atoms with Crippen LogP contribution < -0.4 is 10.6 Å². The number of aromatic amines is 1. The van der Waals surface area contributed by atoms with E-state index in [0.717, 1.165) is 0 Å². The molecular weight excluding hydrogens is 208 g/mol. The number of amides is 1. The molecule has 4 N–H and O–H groups in total. The van der Waals surface area contributed by atoms with E-state index in [4.69, 9.17) is 5.11 Å². The van der Waals surface area contributed by atoms with Gasteiger partial charge in [0.15, 0.2) is 0 Å². The lowest BCUT2D eigenvalue weighted by molar-refractivity contribution is 0.0919. The highest BCUT2D eigenvalue weighted by Crippen LogP contribution is 2.06. The average molecular weight is 226 g/mol. The lowest BCUT2D eigenvalue weighted by atomic mass is 10.3. The van der Waals surface area contributed by atoms with Gasteiger partial charge in [-0.3, -0.25) is 9.89 Å². The first kappa shape index (κ1) is 12.5. The zero-order valence-corrected chi connectivity index (χ0v) is 9.74. The van der Waals surface area contributed by atoms with Gasteiger partial charge >= 0.3 is 0 Å². The van der Waals surface area contributed by atoms with Crippen LogP contribution >= 0.6 is 0 Å². The van der Waals surface area contributed by atoms with E-state index < -0.39 is 6.10 Å². The maximum atomic E-state index is 11.5. The van der Waals surface area contributed by atoms with Crippen molar-refractivity contribution in [2.75, 3.05) is 11.9 Å². The summed E-state index contributed by atoms with van der Waals surface area (Å²) in [5.41, 5.74) is 0.379. The van der Waals surface area contributed by atoms with Crippen molar-refractivity contribution in [1.82, 2.24) is 15.5 Å². The van der Waals surface area contributed by atoms with Gasteiger partial charge in [-0.2, -0.15) is 5.10 Å². The zero-order chi connectivity index (χ0) is 12.1. The first-order chi connectivity index (χ1) is 7.49. The number of aliphatic hydroxyl groups is 1. The van der Waals surface area contributed by atoms with E-state index >= 15 is 0 Å². The molecule has 0 aliphatic rings. The third kappa shape index (κ3) is 3.90. The predicted molar refractivity (Wildman–Crippen MR) is 61.4 cm³/mol. The molecule has 0 saturated carbocycles. The Kier molecular flexibility index (Phi) is 4.30. The number of aromatic nitrogens is 2. The maximum Gasteiger partial charge on any atom is 0.269 e. The summed E-state index contributed by atoms with van der Waals surface area (Å²) in [5, 5.41) is 21.2. The summed E-state index contributed by atoms with van der Waals surface area (Å²) < 4.78 is 0. The third-order valence-corrected chi connectivity index (χ3v) is 1.82. The van der Waals surface area contributed by atoms with Gasteiger partial charge in [0.1, 0.15) is 11.5 Å². The van der Waals surface area contributed by atoms with E-state index in [1.54, 1.807) is 13.0 Å². The van der Waals surface area contributed by atoms with Crippen LogP contribution in [0.25, 0.3) is 0 Å². The predicted octanol–water partition coefficient (Wildman–Crippen LogP) is 0.341. The minimum absolute atomic E-state index is 0.227. The number of anilines is 1. The highest BCUT2D eigenvalue weighted by atomic mass is 16.3. The molecule has 0 aromatic carbocycles. The van der Waals surface area contributed by atoms with Crippen molar-refractivity contribution in [3.63, 3.8) is 0 Å². The molecule has 1 rings (SSSR count). The lowest BCUT2D eigenvalue weighted by Gasteiger charge is -2.05. The molecule has 6 nitrogen and oxygen atoms in total. The Morgan fingerprint density at radius 2 is 2.25 bits per heavy atom. The SMILES string of the molecule is CC(C)Nc1cc(C(=O)NC[C@H](C)O)[nH]n1. The molecule has 1 atom stereocenters. The Hall–Kier alpha value is -1.56. The van der Waals surface area contributed by atoms with E-state index in [1.807, 2.05) is 13.8 Å². The van der Waals surface area contributed by atoms with Crippen LogP contribution in [0.2, 0.25) is 0 Å². The Morgan fingerprint density at radius 3 is 2.81 bits per heavy atom. The summed E-state index contributed by atoms with van der Waals surface area (Å²) in [6.07, 6.45) is -0.555. The second-order valence-corrected chi connectivity index (χ2v) is 4.02. The topological polar surface area (TPSA) is 90.0 Å². The summed E-state index contributed by atoms with van der Waals surface area (Å²) in [4.78, 5) is 11.5. The molecule has 6 heteroatoms. The number of H-pyrrole nitrogens is 1. The third-order valence-electron chi connectivity index (χ3n) is 1.82. The van der Waals surface area contributed by atoms with Gasteiger partial charge in [-0.25, -0.2) is 0 Å². The minimum atomic E-state index is -0.555. The molecule has 1 heterocycles. The Labute approximate surface area is 94.4 Å². The van der Waals surface area contributed by atoms with Crippen molar-refractivity contribution in [2.45, 2.75) is 32.9 Å². The molecule has 0 spiro atoms. The molecule has 0 fully saturated rings. The molecule has 90 valence electrons. The standard InChI is InChI=1S/C10H18N4O2/c1-6(2)12-9-4-8(13-14-9)10(16)11-5-7(3)15/h4,6-7,15H,5H2,1-3H3,(H,11,16)(H2,12,13,14)/t7-/m0/s1. The van der Waals surface area contributed by atoms with Gasteiger partial charge in [-0.15, -0.1) is 0 Å². The molecule has 1 aromatic rings. The van der Waals surface area contributed by atoms with Gasteiger partial charge in [-0.05, 0) is 20.8 Å². The smallest absolute Gasteiger partial charge is 0.269 e. The van der Waals surface area contributed by atoms with E-state index in [2.05, 4.69) is 20.8 Å². The number of nitrogens with one attached hydrogen (secondary N) is 3. The first-order valence-electron chi connectivity index (χ1n) is 5.27. The number of hydrogen-bond donors (Lipinski definition) is 4. The van der Waals surface area contributed by atoms with Crippen molar-refractivity contribution in [1.29, 1.82) is 0 Å². The molecule has 0 radical (unpaired) electrons. The van der Waals surface area contributed by atoms with Crippen molar-refractivity contribution in [2.24, 2.45) is 0 Å². The highest BCUT2D eigenvalue weighted by molar-refractivity contribution is 5.92. The fourth-order valence-corrected chi connectivity index (χ4v) is 1.14. The molecule has 0 aliphatic heterocycles. The lowest BCUT2D eigenvalue weighted by Crippen LogP contribution is -2.30. The van der Waals surface area contributed by atoms with E-state index in [0.29, 0.717) is 11.5 Å². The van der Waals surface area contributed by atoms with Crippen LogP contribution in [0.3, 0.4) is 0 Å². The monoisotopic (exact) mass is 226 g/mol. The Bertz CT molecular complexity index is 346. The molecule has 1 aromatic heterocycles. The normalized spacial score (nSPS) is 12.6. The molecule has 1 amide bonds. The molecule has 0 saturated heterocycles. The number of carbonyl (C=O) groups excluding carboxylic acids is 1. The second kappa shape index (κ2) is 5.50. The Morgan fingerprint density at radius 1 is 1.56 bits per heavy atom. The van der Waals surface area contributed by atoms with Crippen molar-refractivity contribution in [3.8, 4) is 0 Å². The second-order valence-electron chi connectivity index (χ2n) is 4.02. The summed E-state index contributed by atoms with van der Waals surface area (Å²) in [6, 6.07) is 1.90. The quantitative estimate of drug-likeness (QED) is 0.583. The van der Waals surface area contributed by atoms with Crippen molar-refractivity contribution < 1.29 is 9.90 Å². The van der Waals surface area contributed by atoms with Crippen LogP contribution in [0.15, 0.2) is 6.07 Å². The molecule has 0 bridgehead atoms. The Balaban J connectivity index is 2.53. The molecule has 0 unspecified atom stereocenters. The largest absolute Gasteiger partial charge is 0.392 e.